The van der Waals surface area contributed by atoms with Gasteiger partial charge < -0.3 is 25.0 Å². The molecule has 28 heavy (non-hydrogen) atoms. The first-order valence-electron chi connectivity index (χ1n) is 10.5. The summed E-state index contributed by atoms with van der Waals surface area (Å²) in [5.41, 5.74) is 1.46. The zero-order valence-corrected chi connectivity index (χ0v) is 18.1. The van der Waals surface area contributed by atoms with E-state index < -0.39 is 0 Å². The van der Waals surface area contributed by atoms with Crippen LogP contribution < -0.4 is 15.4 Å². The monoisotopic (exact) mass is 390 g/mol. The van der Waals surface area contributed by atoms with Gasteiger partial charge in [-0.2, -0.15) is 0 Å². The highest BCUT2D eigenvalue weighted by atomic mass is 16.5. The van der Waals surface area contributed by atoms with E-state index in [2.05, 4.69) is 48.7 Å². The Balaban J connectivity index is 1.77. The van der Waals surface area contributed by atoms with E-state index in [-0.39, 0.29) is 5.54 Å². The topological polar surface area (TPSA) is 58.1 Å². The lowest BCUT2D eigenvalue weighted by atomic mass is 9.89. The second-order valence-electron chi connectivity index (χ2n) is 7.66. The lowest BCUT2D eigenvalue weighted by Crippen LogP contribution is -2.51. The third kappa shape index (κ3) is 6.99. The molecule has 0 bridgehead atoms. The fourth-order valence-corrected chi connectivity index (χ4v) is 3.52. The van der Waals surface area contributed by atoms with Gasteiger partial charge >= 0.3 is 0 Å². The van der Waals surface area contributed by atoms with Crippen molar-refractivity contribution < 1.29 is 9.47 Å². The average Bonchev–Trinajstić information content (AvgIpc) is 2.72. The molecule has 1 fully saturated rings. The van der Waals surface area contributed by atoms with Crippen LogP contribution in [0.2, 0.25) is 0 Å². The molecule has 158 valence electrons. The Bertz CT molecular complexity index is 581. The first-order valence-corrected chi connectivity index (χ1v) is 10.5. The Morgan fingerprint density at radius 2 is 1.86 bits per heavy atom. The minimum Gasteiger partial charge on any atom is -0.497 e. The number of aliphatic imine (C=N–C) groups is 1. The number of rotatable bonds is 10. The summed E-state index contributed by atoms with van der Waals surface area (Å²) in [6, 6.07) is 8.35. The van der Waals surface area contributed by atoms with Crippen molar-refractivity contribution in [1.82, 2.24) is 15.5 Å². The van der Waals surface area contributed by atoms with E-state index in [1.54, 1.807) is 7.11 Å². The molecule has 0 spiro atoms. The van der Waals surface area contributed by atoms with Crippen LogP contribution >= 0.6 is 0 Å². The molecule has 1 aliphatic rings. The Labute approximate surface area is 170 Å². The molecule has 1 aromatic carbocycles. The first-order chi connectivity index (χ1) is 13.6. The second kappa shape index (κ2) is 11.9. The maximum atomic E-state index is 5.56. The number of guanidine groups is 1. The van der Waals surface area contributed by atoms with Gasteiger partial charge in [0.15, 0.2) is 5.96 Å². The highest BCUT2D eigenvalue weighted by molar-refractivity contribution is 5.79. The van der Waals surface area contributed by atoms with E-state index >= 15 is 0 Å². The van der Waals surface area contributed by atoms with Gasteiger partial charge in [-0.1, -0.05) is 12.1 Å². The van der Waals surface area contributed by atoms with E-state index in [1.165, 1.54) is 5.56 Å². The van der Waals surface area contributed by atoms with Crippen molar-refractivity contribution in [2.45, 2.75) is 44.6 Å². The maximum Gasteiger partial charge on any atom is 0.191 e. The molecule has 2 rings (SSSR count). The molecule has 0 aliphatic carbocycles. The van der Waals surface area contributed by atoms with E-state index in [0.29, 0.717) is 0 Å². The summed E-state index contributed by atoms with van der Waals surface area (Å²) in [7, 11) is 6.01. The number of likely N-dealkylation sites (N-methyl/N-ethyl adjacent to an activating group) is 1. The zero-order chi connectivity index (χ0) is 20.2. The van der Waals surface area contributed by atoms with Crippen LogP contribution in [0.5, 0.6) is 5.75 Å². The van der Waals surface area contributed by atoms with Crippen LogP contribution in [0.3, 0.4) is 0 Å². The van der Waals surface area contributed by atoms with Crippen molar-refractivity contribution in [2.75, 3.05) is 54.1 Å². The molecule has 6 heteroatoms. The number of nitrogens with zero attached hydrogens (tertiary/aromatic N) is 2. The maximum absolute atomic E-state index is 5.56. The summed E-state index contributed by atoms with van der Waals surface area (Å²) in [6.07, 6.45) is 5.42. The van der Waals surface area contributed by atoms with Gasteiger partial charge in [0, 0.05) is 31.8 Å². The van der Waals surface area contributed by atoms with Crippen LogP contribution in [-0.2, 0) is 11.2 Å². The lowest BCUT2D eigenvalue weighted by molar-refractivity contribution is -0.00254. The summed E-state index contributed by atoms with van der Waals surface area (Å²) in [5.74, 6) is 1.83. The van der Waals surface area contributed by atoms with Gasteiger partial charge in [-0.15, -0.1) is 0 Å². The van der Waals surface area contributed by atoms with Crippen molar-refractivity contribution in [2.24, 2.45) is 4.99 Å². The fraction of sp³-hybridized carbons (Fsp3) is 0.682. The van der Waals surface area contributed by atoms with E-state index in [0.717, 1.165) is 76.7 Å². The molecule has 6 nitrogen and oxygen atoms in total. The number of methoxy groups -OCH3 is 1. The summed E-state index contributed by atoms with van der Waals surface area (Å²) in [4.78, 5) is 7.21. The number of nitrogens with one attached hydrogen (secondary N) is 2. The van der Waals surface area contributed by atoms with Gasteiger partial charge in [0.2, 0.25) is 0 Å². The molecular weight excluding hydrogens is 352 g/mol. The van der Waals surface area contributed by atoms with Crippen LogP contribution in [0.4, 0.5) is 0 Å². The smallest absolute Gasteiger partial charge is 0.191 e. The highest BCUT2D eigenvalue weighted by Crippen LogP contribution is 2.26. The van der Waals surface area contributed by atoms with Crippen LogP contribution in [-0.4, -0.2) is 70.5 Å². The first kappa shape index (κ1) is 22.5. The summed E-state index contributed by atoms with van der Waals surface area (Å²) in [6.45, 7) is 6.35. The third-order valence-electron chi connectivity index (χ3n) is 5.59. The molecule has 2 N–H and O–H groups in total. The highest BCUT2D eigenvalue weighted by Gasteiger charge is 2.34. The third-order valence-corrected chi connectivity index (χ3v) is 5.59. The van der Waals surface area contributed by atoms with Gasteiger partial charge in [0.1, 0.15) is 5.75 Å². The van der Waals surface area contributed by atoms with Crippen molar-refractivity contribution in [3.8, 4) is 5.75 Å². The van der Waals surface area contributed by atoms with Crippen molar-refractivity contribution in [3.05, 3.63) is 29.8 Å². The van der Waals surface area contributed by atoms with Crippen LogP contribution in [0, 0.1) is 0 Å². The van der Waals surface area contributed by atoms with Crippen molar-refractivity contribution in [3.63, 3.8) is 0 Å². The average molecular weight is 391 g/mol. The number of hydrogen-bond acceptors (Lipinski definition) is 4. The molecule has 1 heterocycles. The van der Waals surface area contributed by atoms with Crippen LogP contribution in [0.1, 0.15) is 38.2 Å². The number of aryl methyl sites for hydroxylation is 1. The fourth-order valence-electron chi connectivity index (χ4n) is 3.52. The molecule has 0 atom stereocenters. The Morgan fingerprint density at radius 1 is 1.14 bits per heavy atom. The Kier molecular flexibility index (Phi) is 9.58. The van der Waals surface area contributed by atoms with Gasteiger partial charge in [-0.05, 0) is 70.8 Å². The predicted octanol–water partition coefficient (Wildman–Crippen LogP) is 2.68. The van der Waals surface area contributed by atoms with Crippen molar-refractivity contribution in [1.29, 1.82) is 0 Å². The molecule has 0 aromatic heterocycles. The largest absolute Gasteiger partial charge is 0.497 e. The van der Waals surface area contributed by atoms with Crippen LogP contribution in [0.15, 0.2) is 29.3 Å². The zero-order valence-electron chi connectivity index (χ0n) is 18.1. The number of hydrogen-bond donors (Lipinski definition) is 2. The number of ether oxygens (including phenoxy) is 2. The van der Waals surface area contributed by atoms with Gasteiger partial charge in [0.05, 0.1) is 13.7 Å². The summed E-state index contributed by atoms with van der Waals surface area (Å²) < 4.78 is 10.8. The van der Waals surface area contributed by atoms with Gasteiger partial charge in [0.25, 0.3) is 0 Å². The van der Waals surface area contributed by atoms with Crippen molar-refractivity contribution >= 4 is 5.96 Å². The molecule has 1 aromatic rings. The van der Waals surface area contributed by atoms with E-state index in [9.17, 15) is 0 Å². The minimum absolute atomic E-state index is 0.106. The second-order valence-corrected chi connectivity index (χ2v) is 7.66. The SMILES string of the molecule is CCNC(=NCC1(N(C)C)CCOCC1)NCCCCc1ccc(OC)cc1. The summed E-state index contributed by atoms with van der Waals surface area (Å²) in [5, 5.41) is 6.86. The van der Waals surface area contributed by atoms with Gasteiger partial charge in [-0.3, -0.25) is 4.99 Å². The molecule has 1 saturated heterocycles. The molecule has 0 unspecified atom stereocenters. The Morgan fingerprint density at radius 3 is 2.46 bits per heavy atom. The number of benzene rings is 1. The predicted molar refractivity (Wildman–Crippen MR) is 116 cm³/mol. The molecular formula is C22H38N4O2. The summed E-state index contributed by atoms with van der Waals surface area (Å²) >= 11 is 0. The lowest BCUT2D eigenvalue weighted by Gasteiger charge is -2.41. The normalized spacial score (nSPS) is 16.8. The van der Waals surface area contributed by atoms with E-state index in [4.69, 9.17) is 14.5 Å². The van der Waals surface area contributed by atoms with Crippen LogP contribution in [0.25, 0.3) is 0 Å². The number of unbranched alkanes of at least 4 members (excludes halogenated alkanes) is 1. The minimum atomic E-state index is 0.106. The molecule has 0 radical (unpaired) electrons. The quantitative estimate of drug-likeness (QED) is 0.365. The van der Waals surface area contributed by atoms with E-state index in [1.807, 2.05) is 12.1 Å². The molecule has 0 amide bonds. The molecule has 0 saturated carbocycles. The standard InChI is InChI=1S/C22H38N4O2/c1-5-23-21(25-18-22(26(2)3)13-16-28-17-14-22)24-15-7-6-8-19-9-11-20(27-4)12-10-19/h9-12H,5-8,13-18H2,1-4H3,(H2,23,24,25). The Hall–Kier alpha value is -1.79. The molecule has 1 aliphatic heterocycles. The van der Waals surface area contributed by atoms with Gasteiger partial charge in [-0.25, -0.2) is 0 Å².